The number of carbonyl (C=O) groups is 1. The van der Waals surface area contributed by atoms with E-state index in [1.165, 1.54) is 17.8 Å². The Morgan fingerprint density at radius 1 is 1.19 bits per heavy atom. The zero-order valence-electron chi connectivity index (χ0n) is 13.6. The number of hydrogen-bond acceptors (Lipinski definition) is 7. The average Bonchev–Trinajstić information content (AvgIpc) is 2.61. The predicted octanol–water partition coefficient (Wildman–Crippen LogP) is 1.07. The fourth-order valence-electron chi connectivity index (χ4n) is 3.03. The van der Waals surface area contributed by atoms with Gasteiger partial charge in [0.25, 0.3) is 0 Å². The van der Waals surface area contributed by atoms with Gasteiger partial charge in [-0.25, -0.2) is 5.48 Å². The number of aromatic hydroxyl groups is 2. The Balaban J connectivity index is 2.16. The molecule has 1 aliphatic rings. The molecule has 1 aliphatic heterocycles. The minimum absolute atomic E-state index is 0.00179. The molecular weight excluding hydrogens is 340 g/mol. The van der Waals surface area contributed by atoms with Gasteiger partial charge < -0.3 is 25.8 Å². The molecule has 0 bridgehead atoms. The summed E-state index contributed by atoms with van der Waals surface area (Å²) in [6.07, 6.45) is 0.659. The summed E-state index contributed by atoms with van der Waals surface area (Å²) in [6.45, 7) is 0.343. The van der Waals surface area contributed by atoms with Gasteiger partial charge >= 0.3 is 0 Å². The van der Waals surface area contributed by atoms with Gasteiger partial charge in [0.15, 0.2) is 0 Å². The van der Waals surface area contributed by atoms with Gasteiger partial charge in [-0.3, -0.25) is 10.0 Å². The fraction of sp³-hybridized carbons (Fsp3) is 0.167. The second kappa shape index (κ2) is 6.68. The average molecular weight is 358 g/mol. The van der Waals surface area contributed by atoms with Crippen LogP contribution in [0, 0.1) is 0 Å². The van der Waals surface area contributed by atoms with Gasteiger partial charge in [-0.1, -0.05) is 24.3 Å². The monoisotopic (exact) mass is 358 g/mol. The summed E-state index contributed by atoms with van der Waals surface area (Å²) in [6, 6.07) is 9.15. The van der Waals surface area contributed by atoms with E-state index in [0.29, 0.717) is 12.1 Å². The van der Waals surface area contributed by atoms with Gasteiger partial charge in [0.05, 0.1) is 18.2 Å². The number of amides is 1. The number of rotatable bonds is 4. The Labute approximate surface area is 148 Å². The van der Waals surface area contributed by atoms with Crippen molar-refractivity contribution in [1.82, 2.24) is 5.48 Å². The van der Waals surface area contributed by atoms with Crippen molar-refractivity contribution < 1.29 is 30.1 Å². The van der Waals surface area contributed by atoms with Crippen molar-refractivity contribution in [1.29, 1.82) is 0 Å². The minimum Gasteiger partial charge on any atom is -0.508 e. The third kappa shape index (κ3) is 2.97. The molecule has 0 radical (unpaired) electrons. The number of nitrogens with one attached hydrogen (secondary N) is 1. The van der Waals surface area contributed by atoms with E-state index in [0.717, 1.165) is 11.6 Å². The molecule has 0 spiro atoms. The van der Waals surface area contributed by atoms with Crippen LogP contribution in [0.5, 0.6) is 17.2 Å². The van der Waals surface area contributed by atoms with E-state index in [9.17, 15) is 20.1 Å². The summed E-state index contributed by atoms with van der Waals surface area (Å²) >= 11 is 0. The molecule has 8 nitrogen and oxygen atoms in total. The Morgan fingerprint density at radius 3 is 2.50 bits per heavy atom. The molecule has 0 fully saturated rings. The maximum atomic E-state index is 11.8. The predicted molar refractivity (Wildman–Crippen MR) is 91.2 cm³/mol. The van der Waals surface area contributed by atoms with Gasteiger partial charge in [-0.15, -0.1) is 0 Å². The number of fused-ring (bicyclic) bond motifs is 1. The lowest BCUT2D eigenvalue weighted by atomic mass is 9.78. The van der Waals surface area contributed by atoms with Crippen molar-refractivity contribution >= 4 is 11.5 Å². The van der Waals surface area contributed by atoms with Gasteiger partial charge in [0.2, 0.25) is 5.91 Å². The number of hydroxylamine groups is 1. The highest BCUT2D eigenvalue weighted by atomic mass is 16.5. The van der Waals surface area contributed by atoms with Crippen molar-refractivity contribution in [3.05, 3.63) is 59.4 Å². The van der Waals surface area contributed by atoms with E-state index < -0.39 is 23.7 Å². The molecule has 3 rings (SSSR count). The van der Waals surface area contributed by atoms with E-state index in [4.69, 9.17) is 15.7 Å². The number of aliphatic hydroxyl groups is 1. The van der Waals surface area contributed by atoms with E-state index in [1.807, 2.05) is 0 Å². The second-order valence-electron chi connectivity index (χ2n) is 5.96. The Bertz CT molecular complexity index is 878. The molecule has 0 saturated carbocycles. The van der Waals surface area contributed by atoms with Crippen LogP contribution < -0.4 is 16.0 Å². The normalized spacial score (nSPS) is 18.5. The molecule has 26 heavy (non-hydrogen) atoms. The van der Waals surface area contributed by atoms with Crippen LogP contribution in [0.1, 0.15) is 23.1 Å². The van der Waals surface area contributed by atoms with Gasteiger partial charge in [-0.2, -0.15) is 0 Å². The number of hydrogen-bond donors (Lipinski definition) is 6. The number of ether oxygens (including phenoxy) is 1. The van der Waals surface area contributed by atoms with Gasteiger partial charge in [-0.05, 0) is 11.1 Å². The number of nitrogens with two attached hydrogens (primary N) is 1. The lowest BCUT2D eigenvalue weighted by molar-refractivity contribution is -0.133. The van der Waals surface area contributed by atoms with Crippen LogP contribution in [0.4, 0.5) is 0 Å². The van der Waals surface area contributed by atoms with Crippen LogP contribution in [0.15, 0.2) is 42.7 Å². The first-order valence-corrected chi connectivity index (χ1v) is 7.77. The summed E-state index contributed by atoms with van der Waals surface area (Å²) in [7, 11) is 0. The third-order valence-electron chi connectivity index (χ3n) is 4.27. The molecule has 2 aromatic rings. The van der Waals surface area contributed by atoms with E-state index in [2.05, 4.69) is 0 Å². The smallest absolute Gasteiger partial charge is 0.246 e. The quantitative estimate of drug-likeness (QED) is 0.354. The number of phenolic OH excluding ortho intramolecular Hbond substituents is 2. The van der Waals surface area contributed by atoms with Gasteiger partial charge in [0, 0.05) is 24.3 Å². The summed E-state index contributed by atoms with van der Waals surface area (Å²) in [4.78, 5) is 11.8. The van der Waals surface area contributed by atoms with E-state index in [1.54, 1.807) is 24.3 Å². The van der Waals surface area contributed by atoms with Crippen molar-refractivity contribution in [2.24, 2.45) is 5.73 Å². The largest absolute Gasteiger partial charge is 0.508 e. The first kappa shape index (κ1) is 17.7. The molecule has 1 atom stereocenters. The van der Waals surface area contributed by atoms with Crippen molar-refractivity contribution in [3.8, 4) is 17.2 Å². The van der Waals surface area contributed by atoms with E-state index >= 15 is 0 Å². The molecule has 1 unspecified atom stereocenters. The van der Waals surface area contributed by atoms with Crippen LogP contribution in [-0.2, 0) is 16.9 Å². The van der Waals surface area contributed by atoms with Crippen molar-refractivity contribution in [2.45, 2.75) is 18.6 Å². The molecule has 8 heteroatoms. The molecule has 2 aromatic carbocycles. The highest BCUT2D eigenvalue weighted by molar-refractivity contribution is 5.85. The Hall–Kier alpha value is -3.07. The molecule has 0 aromatic heterocycles. The van der Waals surface area contributed by atoms with Gasteiger partial charge in [0.1, 0.15) is 22.8 Å². The third-order valence-corrected chi connectivity index (χ3v) is 4.27. The van der Waals surface area contributed by atoms with E-state index in [-0.39, 0.29) is 22.6 Å². The number of phenols is 2. The van der Waals surface area contributed by atoms with Crippen LogP contribution in [0.2, 0.25) is 0 Å². The fourth-order valence-corrected chi connectivity index (χ4v) is 3.03. The van der Waals surface area contributed by atoms with Crippen molar-refractivity contribution in [2.75, 3.05) is 0 Å². The summed E-state index contributed by atoms with van der Waals surface area (Å²) in [5, 5.41) is 40.1. The van der Waals surface area contributed by atoms with Crippen LogP contribution in [0.25, 0.3) is 5.57 Å². The van der Waals surface area contributed by atoms with Crippen LogP contribution in [0.3, 0.4) is 0 Å². The maximum Gasteiger partial charge on any atom is 0.246 e. The minimum atomic E-state index is -2.00. The first-order valence-electron chi connectivity index (χ1n) is 7.77. The zero-order valence-corrected chi connectivity index (χ0v) is 13.6. The molecule has 0 aliphatic carbocycles. The van der Waals surface area contributed by atoms with Crippen molar-refractivity contribution in [3.63, 3.8) is 0 Å². The molecule has 1 heterocycles. The highest BCUT2D eigenvalue weighted by Crippen LogP contribution is 2.51. The molecule has 0 saturated heterocycles. The lowest BCUT2D eigenvalue weighted by Crippen LogP contribution is -2.37. The molecule has 136 valence electrons. The number of benzene rings is 2. The molecule has 1 amide bonds. The summed E-state index contributed by atoms with van der Waals surface area (Å²) in [5.41, 5.74) is 6.59. The summed E-state index contributed by atoms with van der Waals surface area (Å²) in [5.74, 6) is -1.58. The highest BCUT2D eigenvalue weighted by Gasteiger charge is 2.44. The molecular formula is C18H18N2O6. The maximum absolute atomic E-state index is 11.8. The SMILES string of the molecule is NCc1ccc(C2=COc3cc(O)cc(O)c3C2(O)CC(=O)NO)cc1. The first-order chi connectivity index (χ1) is 12.4. The lowest BCUT2D eigenvalue weighted by Gasteiger charge is -2.35. The zero-order chi connectivity index (χ0) is 18.9. The Morgan fingerprint density at radius 2 is 1.88 bits per heavy atom. The number of carbonyl (C=O) groups excluding carboxylic acids is 1. The molecule has 7 N–H and O–H groups in total. The Kier molecular flexibility index (Phi) is 4.56. The van der Waals surface area contributed by atoms with Crippen LogP contribution >= 0.6 is 0 Å². The second-order valence-corrected chi connectivity index (χ2v) is 5.96. The standard InChI is InChI=1S/C18H18N2O6/c19-8-10-1-3-11(4-2-10)13-9-26-15-6-12(21)5-14(22)17(15)18(13,24)7-16(23)20-25/h1-6,9,21-22,24-25H,7-8,19H2,(H,20,23). The van der Waals surface area contributed by atoms with Crippen LogP contribution in [-0.4, -0.2) is 26.4 Å². The topological polar surface area (TPSA) is 145 Å². The summed E-state index contributed by atoms with van der Waals surface area (Å²) < 4.78 is 5.46.